The van der Waals surface area contributed by atoms with E-state index in [1.807, 2.05) is 54.1 Å². The Morgan fingerprint density at radius 1 is 1.05 bits per heavy atom. The average molecular weight is 621 g/mol. The van der Waals surface area contributed by atoms with E-state index in [1.54, 1.807) is 11.1 Å². The number of carbonyl (C=O) groups excluding carboxylic acids is 1. The second-order valence-corrected chi connectivity index (χ2v) is 11.7. The van der Waals surface area contributed by atoms with Gasteiger partial charge in [0.05, 0.1) is 17.3 Å². The number of fused-ring (bicyclic) bond motifs is 1. The average Bonchev–Trinajstić information content (AvgIpc) is 3.36. The van der Waals surface area contributed by atoms with Crippen LogP contribution in [0.5, 0.6) is 0 Å². The van der Waals surface area contributed by atoms with Gasteiger partial charge in [-0.15, -0.1) is 0 Å². The molecule has 1 aliphatic rings. The predicted octanol–water partition coefficient (Wildman–Crippen LogP) is 6.00. The molecule has 0 radical (unpaired) electrons. The lowest BCUT2D eigenvalue weighted by Gasteiger charge is -2.34. The summed E-state index contributed by atoms with van der Waals surface area (Å²) in [5.41, 5.74) is 2.57. The Kier molecular flexibility index (Phi) is 9.32. The molecule has 2 aromatic carbocycles. The molecule has 0 saturated carbocycles. The number of halogens is 1. The first-order valence-corrected chi connectivity index (χ1v) is 15.0. The number of rotatable bonds is 9. The summed E-state index contributed by atoms with van der Waals surface area (Å²) in [4.78, 5) is 29.8. The van der Waals surface area contributed by atoms with Crippen LogP contribution in [0.4, 0.5) is 16.3 Å². The van der Waals surface area contributed by atoms with Crippen LogP contribution in [0.2, 0.25) is 0 Å². The first kappa shape index (κ1) is 29.2. The van der Waals surface area contributed by atoms with Crippen molar-refractivity contribution in [2.24, 2.45) is 0 Å². The van der Waals surface area contributed by atoms with Crippen LogP contribution < -0.4 is 4.90 Å². The molecule has 0 aliphatic carbocycles. The Morgan fingerprint density at radius 2 is 1.80 bits per heavy atom. The van der Waals surface area contributed by atoms with Crippen molar-refractivity contribution in [1.82, 2.24) is 29.5 Å². The Bertz CT molecular complexity index is 1470. The Balaban J connectivity index is 1.47. The summed E-state index contributed by atoms with van der Waals surface area (Å²) in [6.45, 7) is 11.4. The van der Waals surface area contributed by atoms with Crippen molar-refractivity contribution >= 4 is 44.6 Å². The van der Waals surface area contributed by atoms with Gasteiger partial charge in [-0.1, -0.05) is 66.2 Å². The van der Waals surface area contributed by atoms with Gasteiger partial charge in [0, 0.05) is 49.7 Å². The molecule has 1 saturated heterocycles. The number of ether oxygens (including phenoxy) is 1. The van der Waals surface area contributed by atoms with Crippen molar-refractivity contribution < 1.29 is 9.53 Å². The number of aromatic nitrogens is 4. The van der Waals surface area contributed by atoms with E-state index in [0.29, 0.717) is 41.5 Å². The summed E-state index contributed by atoms with van der Waals surface area (Å²) in [7, 11) is 2.14. The quantitative estimate of drug-likeness (QED) is 0.227. The van der Waals surface area contributed by atoms with Crippen LogP contribution in [-0.4, -0.2) is 81.5 Å². The first-order valence-electron chi connectivity index (χ1n) is 14.2. The van der Waals surface area contributed by atoms with E-state index in [-0.39, 0.29) is 12.0 Å². The number of amides is 1. The molecule has 216 valence electrons. The topological polar surface area (TPSA) is 79.6 Å². The molecule has 3 heterocycles. The van der Waals surface area contributed by atoms with Gasteiger partial charge in [0.25, 0.3) is 0 Å². The highest BCUT2D eigenvalue weighted by molar-refractivity contribution is 9.10. The lowest BCUT2D eigenvalue weighted by Crippen LogP contribution is -2.48. The van der Waals surface area contributed by atoms with Crippen LogP contribution in [0, 0.1) is 6.92 Å². The molecule has 1 fully saturated rings. The first-order chi connectivity index (χ1) is 19.8. The standard InChI is InChI=1S/C31H38BrN7O2/c1-5-27(21-37-16-14-36(4)15-17-37)41-31(40)39(26-13-9-12-25(32)18-26)30-28-19-33-38(29(28)34-23(3)35-30)20-22(2)24-10-7-6-8-11-24/h6-13,18-19,22,27H,5,14-17,20-21H2,1-4H3. The third kappa shape index (κ3) is 6.94. The second-order valence-electron chi connectivity index (χ2n) is 10.8. The second kappa shape index (κ2) is 13.1. The Labute approximate surface area is 250 Å². The van der Waals surface area contributed by atoms with Gasteiger partial charge >= 0.3 is 6.09 Å². The predicted molar refractivity (Wildman–Crippen MR) is 166 cm³/mol. The molecular formula is C31H38BrN7O2. The van der Waals surface area contributed by atoms with Crippen molar-refractivity contribution in [3.63, 3.8) is 0 Å². The van der Waals surface area contributed by atoms with Gasteiger partial charge in [-0.25, -0.2) is 24.3 Å². The molecular weight excluding hydrogens is 582 g/mol. The summed E-state index contributed by atoms with van der Waals surface area (Å²) in [6.07, 6.45) is 1.77. The van der Waals surface area contributed by atoms with E-state index in [4.69, 9.17) is 19.8 Å². The number of benzene rings is 2. The van der Waals surface area contributed by atoms with Crippen molar-refractivity contribution in [2.45, 2.75) is 45.8 Å². The molecule has 41 heavy (non-hydrogen) atoms. The number of anilines is 2. The van der Waals surface area contributed by atoms with E-state index >= 15 is 0 Å². The molecule has 9 nitrogen and oxygen atoms in total. The SMILES string of the molecule is CCC(CN1CCN(C)CC1)OC(=O)N(c1cccc(Br)c1)c1nc(C)nc2c1cnn2CC(C)c1ccccc1. The van der Waals surface area contributed by atoms with E-state index in [9.17, 15) is 4.79 Å². The smallest absolute Gasteiger partial charge is 0.420 e. The number of hydrogen-bond acceptors (Lipinski definition) is 7. The minimum Gasteiger partial charge on any atom is -0.444 e. The summed E-state index contributed by atoms with van der Waals surface area (Å²) in [5.74, 6) is 1.24. The lowest BCUT2D eigenvalue weighted by molar-refractivity contribution is 0.0575. The molecule has 2 atom stereocenters. The van der Waals surface area contributed by atoms with Gasteiger partial charge in [0.2, 0.25) is 0 Å². The highest BCUT2D eigenvalue weighted by atomic mass is 79.9. The van der Waals surface area contributed by atoms with Crippen LogP contribution in [0.15, 0.2) is 65.3 Å². The van der Waals surface area contributed by atoms with E-state index in [0.717, 1.165) is 37.1 Å². The Morgan fingerprint density at radius 3 is 2.51 bits per heavy atom. The van der Waals surface area contributed by atoms with E-state index in [1.165, 1.54) is 5.56 Å². The summed E-state index contributed by atoms with van der Waals surface area (Å²) in [6, 6.07) is 18.0. The fourth-order valence-corrected chi connectivity index (χ4v) is 5.58. The minimum atomic E-state index is -0.464. The highest BCUT2D eigenvalue weighted by Gasteiger charge is 2.29. The van der Waals surface area contributed by atoms with Crippen molar-refractivity contribution in [3.05, 3.63) is 76.7 Å². The van der Waals surface area contributed by atoms with Crippen LogP contribution in [0.25, 0.3) is 11.0 Å². The molecule has 1 aliphatic heterocycles. The zero-order valence-electron chi connectivity index (χ0n) is 24.2. The van der Waals surface area contributed by atoms with E-state index in [2.05, 4.69) is 58.8 Å². The van der Waals surface area contributed by atoms with Crippen molar-refractivity contribution in [2.75, 3.05) is 44.7 Å². The van der Waals surface area contributed by atoms with Gasteiger partial charge in [0.15, 0.2) is 11.5 Å². The molecule has 1 amide bonds. The maximum Gasteiger partial charge on any atom is 0.420 e. The summed E-state index contributed by atoms with van der Waals surface area (Å²) in [5, 5.41) is 5.39. The fraction of sp³-hybridized carbons (Fsp3) is 0.419. The van der Waals surface area contributed by atoms with Crippen molar-refractivity contribution in [1.29, 1.82) is 0 Å². The third-order valence-electron chi connectivity index (χ3n) is 7.64. The maximum atomic E-state index is 14.0. The number of nitrogens with zero attached hydrogens (tertiary/aromatic N) is 7. The molecule has 4 aromatic rings. The molecule has 0 N–H and O–H groups in total. The normalized spacial score (nSPS) is 16.0. The number of aryl methyl sites for hydroxylation is 1. The van der Waals surface area contributed by atoms with Gasteiger partial charge < -0.3 is 9.64 Å². The van der Waals surface area contributed by atoms with Crippen molar-refractivity contribution in [3.8, 4) is 0 Å². The summed E-state index contributed by atoms with van der Waals surface area (Å²) >= 11 is 3.57. The lowest BCUT2D eigenvalue weighted by atomic mass is 10.0. The van der Waals surface area contributed by atoms with Gasteiger partial charge in [-0.3, -0.25) is 4.90 Å². The number of hydrogen-bond donors (Lipinski definition) is 0. The Hall–Kier alpha value is -3.34. The monoisotopic (exact) mass is 619 g/mol. The zero-order valence-corrected chi connectivity index (χ0v) is 25.8. The van der Waals surface area contributed by atoms with Gasteiger partial charge in [-0.05, 0) is 44.2 Å². The largest absolute Gasteiger partial charge is 0.444 e. The molecule has 0 bridgehead atoms. The van der Waals surface area contributed by atoms with Crippen LogP contribution in [0.1, 0.15) is 37.6 Å². The van der Waals surface area contributed by atoms with Crippen LogP contribution in [-0.2, 0) is 11.3 Å². The molecule has 10 heteroatoms. The molecule has 0 spiro atoms. The minimum absolute atomic E-state index is 0.226. The number of carbonyl (C=O) groups is 1. The highest BCUT2D eigenvalue weighted by Crippen LogP contribution is 2.33. The molecule has 5 rings (SSSR count). The van der Waals surface area contributed by atoms with Crippen LogP contribution in [0.3, 0.4) is 0 Å². The zero-order chi connectivity index (χ0) is 28.9. The number of piperazine rings is 1. The van der Waals surface area contributed by atoms with E-state index < -0.39 is 6.09 Å². The van der Waals surface area contributed by atoms with Gasteiger partial charge in [-0.2, -0.15) is 5.10 Å². The fourth-order valence-electron chi connectivity index (χ4n) is 5.19. The third-order valence-corrected chi connectivity index (χ3v) is 8.14. The maximum absolute atomic E-state index is 14.0. The van der Waals surface area contributed by atoms with Crippen LogP contribution >= 0.6 is 15.9 Å². The molecule has 2 aromatic heterocycles. The molecule has 2 unspecified atom stereocenters. The number of likely N-dealkylation sites (N-methyl/N-ethyl adjacent to an activating group) is 1. The summed E-state index contributed by atoms with van der Waals surface area (Å²) < 4.78 is 8.94. The van der Waals surface area contributed by atoms with Gasteiger partial charge in [0.1, 0.15) is 11.9 Å².